The highest BCUT2D eigenvalue weighted by molar-refractivity contribution is 5.98. The molecule has 0 radical (unpaired) electrons. The van der Waals surface area contributed by atoms with Gasteiger partial charge in [0.25, 0.3) is 0 Å². The fourth-order valence-corrected chi connectivity index (χ4v) is 5.65. The molecule has 0 amide bonds. The maximum atomic E-state index is 13.3. The number of aliphatic hydroxyl groups excluding tert-OH is 5. The summed E-state index contributed by atoms with van der Waals surface area (Å²) in [5.41, 5.74) is 0.333. The Balaban J connectivity index is 1.61. The summed E-state index contributed by atoms with van der Waals surface area (Å²) >= 11 is 0. The maximum absolute atomic E-state index is 13.3. The van der Waals surface area contributed by atoms with Crippen LogP contribution in [0.25, 0.3) is 0 Å². The molecule has 12 heteroatoms. The van der Waals surface area contributed by atoms with Crippen LogP contribution in [0.2, 0.25) is 0 Å². The van der Waals surface area contributed by atoms with Crippen LogP contribution in [0.1, 0.15) is 27.2 Å². The Morgan fingerprint density at radius 1 is 1.13 bits per heavy atom. The number of cyclic esters (lactones) is 1. The maximum Gasteiger partial charge on any atom is 0.342 e. The summed E-state index contributed by atoms with van der Waals surface area (Å²) in [6, 6.07) is 0. The molecular weight excluding hydrogens is 504 g/mol. The molecule has 0 aromatic heterocycles. The Bertz CT molecular complexity index is 987. The number of carbonyl (C=O) groups excluding carboxylic acids is 2. The van der Waals surface area contributed by atoms with Gasteiger partial charge in [0.15, 0.2) is 6.29 Å². The van der Waals surface area contributed by atoms with Crippen molar-refractivity contribution >= 4 is 11.9 Å². The smallest absolute Gasteiger partial charge is 0.342 e. The number of carbonyl (C=O) groups is 2. The van der Waals surface area contributed by atoms with Crippen molar-refractivity contribution in [3.8, 4) is 0 Å². The molecule has 3 heterocycles. The minimum absolute atomic E-state index is 0.00229. The molecular formula is C26H36O12. The lowest BCUT2D eigenvalue weighted by Crippen LogP contribution is -2.59. The molecule has 1 saturated heterocycles. The van der Waals surface area contributed by atoms with Gasteiger partial charge in [-0.3, -0.25) is 0 Å². The van der Waals surface area contributed by atoms with Crippen LogP contribution in [0, 0.1) is 23.7 Å². The SMILES string of the molecule is CC=C1/C2=C/C(=O)OCC3C(C)C(CC3C(C)CO)OC(=O)C2=COC1OC1OC(CO)C(O)C(O)C1O. The predicted octanol–water partition coefficient (Wildman–Crippen LogP) is -0.715. The van der Waals surface area contributed by atoms with E-state index in [1.807, 2.05) is 13.8 Å². The first-order chi connectivity index (χ1) is 18.1. The molecule has 11 atom stereocenters. The third-order valence-corrected chi connectivity index (χ3v) is 8.08. The number of fused-ring (bicyclic) bond motifs is 3. The molecule has 4 aliphatic rings. The van der Waals surface area contributed by atoms with E-state index in [1.54, 1.807) is 13.0 Å². The summed E-state index contributed by atoms with van der Waals surface area (Å²) in [7, 11) is 0. The number of allylic oxidation sites excluding steroid dienone is 1. The number of aliphatic hydroxyl groups is 5. The van der Waals surface area contributed by atoms with Crippen molar-refractivity contribution < 1.29 is 58.8 Å². The van der Waals surface area contributed by atoms with E-state index in [9.17, 15) is 35.1 Å². The predicted molar refractivity (Wildman–Crippen MR) is 127 cm³/mol. The monoisotopic (exact) mass is 540 g/mol. The van der Waals surface area contributed by atoms with Gasteiger partial charge in [-0.1, -0.05) is 19.9 Å². The van der Waals surface area contributed by atoms with Crippen molar-refractivity contribution in [1.29, 1.82) is 0 Å². The number of rotatable bonds is 5. The number of hydrogen-bond donors (Lipinski definition) is 5. The second kappa shape index (κ2) is 11.8. The lowest BCUT2D eigenvalue weighted by molar-refractivity contribution is -0.326. The highest BCUT2D eigenvalue weighted by Gasteiger charge is 2.48. The summed E-state index contributed by atoms with van der Waals surface area (Å²) in [4.78, 5) is 26.2. The first-order valence-electron chi connectivity index (χ1n) is 12.8. The fourth-order valence-electron chi connectivity index (χ4n) is 5.65. The highest BCUT2D eigenvalue weighted by atomic mass is 16.8. The minimum atomic E-state index is -1.68. The van der Waals surface area contributed by atoms with Crippen molar-refractivity contribution in [3.63, 3.8) is 0 Å². The average molecular weight is 541 g/mol. The third-order valence-electron chi connectivity index (χ3n) is 8.08. The fraction of sp³-hybridized carbons (Fsp3) is 0.692. The van der Waals surface area contributed by atoms with Crippen LogP contribution in [0.4, 0.5) is 0 Å². The second-order valence-electron chi connectivity index (χ2n) is 10.3. The first-order valence-corrected chi connectivity index (χ1v) is 12.8. The summed E-state index contributed by atoms with van der Waals surface area (Å²) in [5.74, 6) is -1.68. The molecule has 0 aromatic carbocycles. The molecule has 212 valence electrons. The molecule has 11 unspecified atom stereocenters. The van der Waals surface area contributed by atoms with Crippen LogP contribution in [-0.2, 0) is 33.3 Å². The zero-order valence-electron chi connectivity index (χ0n) is 21.5. The lowest BCUT2D eigenvalue weighted by atomic mass is 9.83. The molecule has 1 saturated carbocycles. The van der Waals surface area contributed by atoms with E-state index in [0.717, 1.165) is 12.3 Å². The summed E-state index contributed by atoms with van der Waals surface area (Å²) < 4.78 is 28.2. The van der Waals surface area contributed by atoms with Crippen LogP contribution < -0.4 is 0 Å². The molecule has 5 N–H and O–H groups in total. The van der Waals surface area contributed by atoms with Gasteiger partial charge < -0.3 is 49.2 Å². The Morgan fingerprint density at radius 2 is 1.87 bits per heavy atom. The molecule has 0 spiro atoms. The standard InChI is InChI=1S/C26H36O12/c1-4-13-15-6-20(29)34-9-16-12(3)18(5-14(16)11(2)7-27)36-24(33)17(15)10-35-25(13)38-26-23(32)22(31)21(30)19(8-28)37-26/h4,6,10-12,14,16,18-19,21-23,25-28,30-32H,5,7-9H2,1-3H3/b13-4?,15-6-. The normalized spacial score (nSPS) is 43.0. The molecule has 38 heavy (non-hydrogen) atoms. The number of hydrogen-bond acceptors (Lipinski definition) is 12. The molecule has 4 rings (SSSR count). The van der Waals surface area contributed by atoms with Gasteiger partial charge in [0, 0.05) is 29.7 Å². The zero-order valence-corrected chi connectivity index (χ0v) is 21.5. The van der Waals surface area contributed by atoms with Crippen molar-refractivity contribution in [2.45, 2.75) is 70.3 Å². The summed E-state index contributed by atoms with van der Waals surface area (Å²) in [5, 5.41) is 49.6. The topological polar surface area (TPSA) is 181 Å². The number of esters is 2. The number of ether oxygens (including phenoxy) is 5. The molecule has 0 aromatic rings. The summed E-state index contributed by atoms with van der Waals surface area (Å²) in [6.07, 6.45) is -5.06. The third kappa shape index (κ3) is 5.39. The van der Waals surface area contributed by atoms with E-state index in [2.05, 4.69) is 0 Å². The largest absolute Gasteiger partial charge is 0.467 e. The minimum Gasteiger partial charge on any atom is -0.467 e. The average Bonchev–Trinajstić information content (AvgIpc) is 3.20. The van der Waals surface area contributed by atoms with Crippen molar-refractivity contribution in [3.05, 3.63) is 35.1 Å². The zero-order chi connectivity index (χ0) is 27.7. The molecule has 2 bridgehead atoms. The van der Waals surface area contributed by atoms with Crippen molar-refractivity contribution in [2.24, 2.45) is 23.7 Å². The molecule has 12 nitrogen and oxygen atoms in total. The Hall–Kier alpha value is -2.32. The van der Waals surface area contributed by atoms with Crippen LogP contribution in [0.5, 0.6) is 0 Å². The van der Waals surface area contributed by atoms with Gasteiger partial charge in [0.2, 0.25) is 6.29 Å². The Kier molecular flexibility index (Phi) is 8.92. The van der Waals surface area contributed by atoms with E-state index in [1.165, 1.54) is 0 Å². The Labute approximate surface area is 220 Å². The van der Waals surface area contributed by atoms with Crippen molar-refractivity contribution in [1.82, 2.24) is 0 Å². The Morgan fingerprint density at radius 3 is 2.53 bits per heavy atom. The van der Waals surface area contributed by atoms with Gasteiger partial charge in [-0.25, -0.2) is 9.59 Å². The van der Waals surface area contributed by atoms with Crippen LogP contribution in [0.15, 0.2) is 35.1 Å². The van der Waals surface area contributed by atoms with Crippen LogP contribution in [-0.4, -0.2) is 100 Å². The van der Waals surface area contributed by atoms with Gasteiger partial charge >= 0.3 is 11.9 Å². The summed E-state index contributed by atoms with van der Waals surface area (Å²) in [6.45, 7) is 4.88. The molecule has 2 fully saturated rings. The molecule has 1 aliphatic carbocycles. The van der Waals surface area contributed by atoms with Crippen LogP contribution >= 0.6 is 0 Å². The second-order valence-corrected chi connectivity index (χ2v) is 10.3. The first kappa shape index (κ1) is 28.7. The van der Waals surface area contributed by atoms with Gasteiger partial charge in [0.05, 0.1) is 13.2 Å². The molecule has 3 aliphatic heterocycles. The van der Waals surface area contributed by atoms with E-state index >= 15 is 0 Å². The van der Waals surface area contributed by atoms with Gasteiger partial charge in [-0.2, -0.15) is 0 Å². The van der Waals surface area contributed by atoms with Gasteiger partial charge in [-0.15, -0.1) is 0 Å². The van der Waals surface area contributed by atoms with E-state index in [4.69, 9.17) is 23.7 Å². The van der Waals surface area contributed by atoms with E-state index < -0.39 is 61.6 Å². The van der Waals surface area contributed by atoms with Crippen molar-refractivity contribution in [2.75, 3.05) is 19.8 Å². The van der Waals surface area contributed by atoms with Gasteiger partial charge in [0.1, 0.15) is 42.4 Å². The van der Waals surface area contributed by atoms with E-state index in [-0.39, 0.29) is 53.6 Å². The van der Waals surface area contributed by atoms with E-state index in [0.29, 0.717) is 6.42 Å². The lowest BCUT2D eigenvalue weighted by Gasteiger charge is -2.41. The van der Waals surface area contributed by atoms with Gasteiger partial charge in [-0.05, 0) is 31.1 Å². The highest BCUT2D eigenvalue weighted by Crippen LogP contribution is 2.44. The quantitative estimate of drug-likeness (QED) is 0.277. The van der Waals surface area contributed by atoms with Crippen LogP contribution in [0.3, 0.4) is 0 Å².